The number of benzene rings is 2. The van der Waals surface area contributed by atoms with E-state index in [0.29, 0.717) is 0 Å². The summed E-state index contributed by atoms with van der Waals surface area (Å²) in [5.41, 5.74) is -0.536. The van der Waals surface area contributed by atoms with Crippen molar-refractivity contribution in [3.8, 4) is 28.7 Å². The minimum atomic E-state index is -4.95. The summed E-state index contributed by atoms with van der Waals surface area (Å²) < 4.78 is 65.5. The summed E-state index contributed by atoms with van der Waals surface area (Å²) in [6.45, 7) is 0. The summed E-state index contributed by atoms with van der Waals surface area (Å²) in [5.74, 6) is -2.66. The van der Waals surface area contributed by atoms with Crippen molar-refractivity contribution in [3.63, 3.8) is 0 Å². The SMILES string of the molecule is COc1ccc(/C(F)=C(\F)c2cc(OC)c(OC)c(OC)c2)cc1OP(=O)(O)O. The van der Waals surface area contributed by atoms with Crippen molar-refractivity contribution < 1.29 is 46.6 Å². The molecule has 11 heteroatoms. The Kier molecular flexibility index (Phi) is 7.07. The van der Waals surface area contributed by atoms with Gasteiger partial charge in [0.15, 0.2) is 34.7 Å². The Labute approximate surface area is 165 Å². The van der Waals surface area contributed by atoms with Gasteiger partial charge >= 0.3 is 7.82 Å². The van der Waals surface area contributed by atoms with Crippen LogP contribution in [0.25, 0.3) is 11.7 Å². The van der Waals surface area contributed by atoms with Gasteiger partial charge in [-0.1, -0.05) is 0 Å². The second-order valence-electron chi connectivity index (χ2n) is 5.49. The molecule has 2 aromatic rings. The summed E-state index contributed by atoms with van der Waals surface area (Å²) in [5, 5.41) is 0. The zero-order valence-corrected chi connectivity index (χ0v) is 16.8. The van der Waals surface area contributed by atoms with Gasteiger partial charge in [-0.15, -0.1) is 0 Å². The summed E-state index contributed by atoms with van der Waals surface area (Å²) >= 11 is 0. The average Bonchev–Trinajstić information content (AvgIpc) is 2.70. The van der Waals surface area contributed by atoms with Crippen molar-refractivity contribution in [2.24, 2.45) is 0 Å². The van der Waals surface area contributed by atoms with Crippen LogP contribution in [0.4, 0.5) is 8.78 Å². The quantitative estimate of drug-likeness (QED) is 0.477. The van der Waals surface area contributed by atoms with E-state index in [1.165, 1.54) is 46.6 Å². The summed E-state index contributed by atoms with van der Waals surface area (Å²) in [6, 6.07) is 5.69. The zero-order chi connectivity index (χ0) is 21.8. The van der Waals surface area contributed by atoms with Gasteiger partial charge in [0.05, 0.1) is 28.4 Å². The second-order valence-corrected chi connectivity index (χ2v) is 6.65. The molecule has 0 saturated carbocycles. The number of hydrogen-bond acceptors (Lipinski definition) is 6. The number of hydrogen-bond donors (Lipinski definition) is 2. The van der Waals surface area contributed by atoms with Crippen molar-refractivity contribution in [2.75, 3.05) is 28.4 Å². The summed E-state index contributed by atoms with van der Waals surface area (Å²) in [6.07, 6.45) is 0. The van der Waals surface area contributed by atoms with Gasteiger partial charge in [0.25, 0.3) is 0 Å². The largest absolute Gasteiger partial charge is 0.524 e. The van der Waals surface area contributed by atoms with Gasteiger partial charge < -0.3 is 23.5 Å². The first-order chi connectivity index (χ1) is 13.6. The lowest BCUT2D eigenvalue weighted by Gasteiger charge is -2.14. The van der Waals surface area contributed by atoms with Crippen molar-refractivity contribution in [2.45, 2.75) is 0 Å². The summed E-state index contributed by atoms with van der Waals surface area (Å²) in [7, 11) is 0.300. The van der Waals surface area contributed by atoms with Crippen LogP contribution in [-0.4, -0.2) is 38.2 Å². The predicted octanol–water partition coefficient (Wildman–Crippen LogP) is 3.96. The molecule has 0 spiro atoms. The number of phosphoric acid groups is 1. The van der Waals surface area contributed by atoms with E-state index >= 15 is 0 Å². The Balaban J connectivity index is 2.58. The third-order valence-corrected chi connectivity index (χ3v) is 4.18. The lowest BCUT2D eigenvalue weighted by molar-refractivity contribution is 0.276. The van der Waals surface area contributed by atoms with Gasteiger partial charge in [0.2, 0.25) is 5.75 Å². The van der Waals surface area contributed by atoms with Crippen LogP contribution in [0.3, 0.4) is 0 Å². The van der Waals surface area contributed by atoms with E-state index in [1.54, 1.807) is 0 Å². The average molecular weight is 432 g/mol. The van der Waals surface area contributed by atoms with Crippen molar-refractivity contribution in [1.82, 2.24) is 0 Å². The van der Waals surface area contributed by atoms with E-state index in [4.69, 9.17) is 28.7 Å². The van der Waals surface area contributed by atoms with Gasteiger partial charge in [0, 0.05) is 11.1 Å². The van der Waals surface area contributed by atoms with Crippen LogP contribution in [-0.2, 0) is 4.57 Å². The van der Waals surface area contributed by atoms with Crippen LogP contribution in [0.15, 0.2) is 30.3 Å². The van der Waals surface area contributed by atoms with E-state index in [2.05, 4.69) is 4.52 Å². The van der Waals surface area contributed by atoms with E-state index in [-0.39, 0.29) is 34.1 Å². The highest BCUT2D eigenvalue weighted by molar-refractivity contribution is 7.46. The molecule has 0 atom stereocenters. The third-order valence-electron chi connectivity index (χ3n) is 3.75. The molecule has 0 radical (unpaired) electrons. The molecule has 2 aromatic carbocycles. The van der Waals surface area contributed by atoms with Crippen LogP contribution in [0.5, 0.6) is 28.7 Å². The zero-order valence-electron chi connectivity index (χ0n) is 15.9. The van der Waals surface area contributed by atoms with E-state index in [0.717, 1.165) is 12.1 Å². The number of ether oxygens (including phenoxy) is 4. The highest BCUT2D eigenvalue weighted by atomic mass is 31.2. The molecule has 0 heterocycles. The molecular formula is C18H19F2O8P. The first kappa shape index (κ1) is 22.5. The third kappa shape index (κ3) is 5.17. The predicted molar refractivity (Wildman–Crippen MR) is 101 cm³/mol. The van der Waals surface area contributed by atoms with E-state index in [9.17, 15) is 13.3 Å². The van der Waals surface area contributed by atoms with Gasteiger partial charge in [0.1, 0.15) is 0 Å². The second kappa shape index (κ2) is 9.13. The Morgan fingerprint density at radius 3 is 1.69 bits per heavy atom. The molecule has 2 N–H and O–H groups in total. The fraction of sp³-hybridized carbons (Fsp3) is 0.222. The molecular weight excluding hydrogens is 413 g/mol. The Hall–Kier alpha value is -2.81. The molecule has 0 bridgehead atoms. The smallest absolute Gasteiger partial charge is 0.493 e. The molecule has 158 valence electrons. The van der Waals surface area contributed by atoms with Crippen LogP contribution in [0.1, 0.15) is 11.1 Å². The summed E-state index contributed by atoms with van der Waals surface area (Å²) in [4.78, 5) is 18.0. The maximum atomic E-state index is 14.9. The van der Waals surface area contributed by atoms with Gasteiger partial charge in [-0.25, -0.2) is 13.3 Å². The lowest BCUT2D eigenvalue weighted by atomic mass is 10.1. The van der Waals surface area contributed by atoms with Gasteiger partial charge in [-0.2, -0.15) is 0 Å². The number of phosphoric ester groups is 1. The molecule has 0 aliphatic heterocycles. The number of halogens is 2. The molecule has 0 saturated heterocycles. The maximum absolute atomic E-state index is 14.9. The van der Waals surface area contributed by atoms with Crippen molar-refractivity contribution in [1.29, 1.82) is 0 Å². The first-order valence-corrected chi connectivity index (χ1v) is 9.47. The molecule has 0 fully saturated rings. The maximum Gasteiger partial charge on any atom is 0.524 e. The number of methoxy groups -OCH3 is 4. The van der Waals surface area contributed by atoms with E-state index < -0.39 is 25.2 Å². The van der Waals surface area contributed by atoms with Crippen LogP contribution in [0.2, 0.25) is 0 Å². The first-order valence-electron chi connectivity index (χ1n) is 7.94. The Morgan fingerprint density at radius 1 is 0.759 bits per heavy atom. The molecule has 0 aliphatic rings. The molecule has 0 unspecified atom stereocenters. The lowest BCUT2D eigenvalue weighted by Crippen LogP contribution is -1.97. The Bertz CT molecular complexity index is 945. The molecule has 0 amide bonds. The highest BCUT2D eigenvalue weighted by Gasteiger charge is 2.22. The minimum Gasteiger partial charge on any atom is -0.493 e. The minimum absolute atomic E-state index is 0.0712. The van der Waals surface area contributed by atoms with Crippen molar-refractivity contribution >= 4 is 19.5 Å². The molecule has 8 nitrogen and oxygen atoms in total. The molecule has 29 heavy (non-hydrogen) atoms. The molecule has 0 aromatic heterocycles. The van der Waals surface area contributed by atoms with Gasteiger partial charge in [-0.05, 0) is 30.3 Å². The standard InChI is InChI=1S/C18H19F2O8P/c1-24-12-6-5-10(7-13(12)28-29(21,22)23)16(19)17(20)11-8-14(25-2)18(27-4)15(9-11)26-3/h5-9H,1-4H3,(H2,21,22,23)/b17-16+. The molecule has 2 rings (SSSR count). The van der Waals surface area contributed by atoms with E-state index in [1.807, 2.05) is 0 Å². The van der Waals surface area contributed by atoms with Crippen LogP contribution >= 0.6 is 7.82 Å². The van der Waals surface area contributed by atoms with Crippen LogP contribution < -0.4 is 23.5 Å². The number of rotatable bonds is 8. The monoisotopic (exact) mass is 432 g/mol. The van der Waals surface area contributed by atoms with Gasteiger partial charge in [-0.3, -0.25) is 9.79 Å². The normalized spacial score (nSPS) is 12.1. The van der Waals surface area contributed by atoms with Crippen LogP contribution in [0, 0.1) is 0 Å². The fourth-order valence-electron chi connectivity index (χ4n) is 2.47. The van der Waals surface area contributed by atoms with Crippen molar-refractivity contribution in [3.05, 3.63) is 41.5 Å². The fourth-order valence-corrected chi connectivity index (χ4v) is 2.87. The highest BCUT2D eigenvalue weighted by Crippen LogP contribution is 2.45. The Morgan fingerprint density at radius 2 is 1.24 bits per heavy atom. The molecule has 0 aliphatic carbocycles. The topological polar surface area (TPSA) is 104 Å².